The lowest BCUT2D eigenvalue weighted by molar-refractivity contribution is -0.122. The van der Waals surface area contributed by atoms with Crippen molar-refractivity contribution in [1.82, 2.24) is 0 Å². The third-order valence-electron chi connectivity index (χ3n) is 5.66. The molecule has 0 radical (unpaired) electrons. The Balaban J connectivity index is 1.34. The Hall–Kier alpha value is -4.39. The fourth-order valence-electron chi connectivity index (χ4n) is 3.90. The fraction of sp³-hybridized carbons (Fsp3) is 0.207. The van der Waals surface area contributed by atoms with Gasteiger partial charge in [0.2, 0.25) is 0 Å². The van der Waals surface area contributed by atoms with Crippen LogP contribution in [-0.2, 0) is 16.1 Å². The fourth-order valence-corrected chi connectivity index (χ4v) is 3.90. The maximum atomic E-state index is 12.7. The van der Waals surface area contributed by atoms with Gasteiger partial charge in [0.1, 0.15) is 17.9 Å². The van der Waals surface area contributed by atoms with Crippen LogP contribution in [0.15, 0.2) is 88.1 Å². The van der Waals surface area contributed by atoms with Crippen molar-refractivity contribution in [2.45, 2.75) is 33.4 Å². The average molecular weight is 486 g/mol. The van der Waals surface area contributed by atoms with Crippen molar-refractivity contribution in [1.29, 1.82) is 0 Å². The van der Waals surface area contributed by atoms with Gasteiger partial charge in [0.25, 0.3) is 5.91 Å². The number of aryl methyl sites for hydroxylation is 1. The number of hydrogen-bond acceptors (Lipinski definition) is 6. The van der Waals surface area contributed by atoms with Crippen LogP contribution in [0.2, 0.25) is 0 Å². The van der Waals surface area contributed by atoms with Crippen molar-refractivity contribution < 1.29 is 23.5 Å². The monoisotopic (exact) mass is 485 g/mol. The molecular formula is C29H27NO6. The molecular weight excluding hydrogens is 458 g/mol. The summed E-state index contributed by atoms with van der Waals surface area (Å²) in [5.74, 6) is -0.310. The lowest BCUT2D eigenvalue weighted by Gasteiger charge is -2.26. The highest BCUT2D eigenvalue weighted by atomic mass is 16.5. The highest BCUT2D eigenvalue weighted by Gasteiger charge is 2.20. The van der Waals surface area contributed by atoms with E-state index in [1.165, 1.54) is 6.07 Å². The number of fused-ring (bicyclic) bond motifs is 1. The number of carbonyl (C=O) groups excluding carboxylic acids is 2. The number of hydrogen-bond donors (Lipinski definition) is 0. The number of nitrogens with zero attached hydrogens (tertiary/aromatic N) is 1. The summed E-state index contributed by atoms with van der Waals surface area (Å²) in [6, 6.07) is 22.8. The Morgan fingerprint density at radius 1 is 0.944 bits per heavy atom. The number of carbonyl (C=O) groups is 2. The van der Waals surface area contributed by atoms with E-state index in [9.17, 15) is 14.4 Å². The van der Waals surface area contributed by atoms with Crippen LogP contribution in [0.4, 0.5) is 5.69 Å². The second-order valence-electron chi connectivity index (χ2n) is 8.66. The van der Waals surface area contributed by atoms with Crippen molar-refractivity contribution >= 4 is 28.5 Å². The Labute approximate surface area is 208 Å². The van der Waals surface area contributed by atoms with Gasteiger partial charge >= 0.3 is 11.6 Å². The van der Waals surface area contributed by atoms with E-state index in [0.717, 1.165) is 22.2 Å². The van der Waals surface area contributed by atoms with Crippen molar-refractivity contribution in [3.63, 3.8) is 0 Å². The zero-order chi connectivity index (χ0) is 25.7. The molecule has 0 aliphatic rings. The highest BCUT2D eigenvalue weighted by Crippen LogP contribution is 2.23. The summed E-state index contributed by atoms with van der Waals surface area (Å²) < 4.78 is 16.4. The Morgan fingerprint density at radius 3 is 2.36 bits per heavy atom. The molecule has 7 heteroatoms. The molecule has 1 heterocycles. The van der Waals surface area contributed by atoms with Crippen molar-refractivity contribution in [3.8, 4) is 5.75 Å². The van der Waals surface area contributed by atoms with Crippen LogP contribution in [0.3, 0.4) is 0 Å². The van der Waals surface area contributed by atoms with E-state index >= 15 is 0 Å². The van der Waals surface area contributed by atoms with Crippen LogP contribution in [0.5, 0.6) is 5.75 Å². The molecule has 4 aromatic rings. The third kappa shape index (κ3) is 5.81. The maximum Gasteiger partial charge on any atom is 0.338 e. The molecule has 3 aromatic carbocycles. The number of anilines is 1. The lowest BCUT2D eigenvalue weighted by atomic mass is 10.1. The Bertz CT molecular complexity index is 1420. The number of rotatable bonds is 8. The standard InChI is InChI=1S/C29H27NO6/c1-19(2)30(23-7-5-4-6-8-23)27(31)18-35-29(33)22-11-9-21(10-12-22)17-34-24-13-14-25-20(3)15-28(32)36-26(25)16-24/h4-16,19H,17-18H2,1-3H3. The normalized spacial score (nSPS) is 10.9. The molecule has 1 aromatic heterocycles. The second kappa shape index (κ2) is 10.9. The summed E-state index contributed by atoms with van der Waals surface area (Å²) in [7, 11) is 0. The van der Waals surface area contributed by atoms with Gasteiger partial charge < -0.3 is 18.8 Å². The van der Waals surface area contributed by atoms with Gasteiger partial charge in [-0.25, -0.2) is 9.59 Å². The first kappa shape index (κ1) is 24.7. The van der Waals surface area contributed by atoms with Gasteiger partial charge in [-0.3, -0.25) is 4.79 Å². The summed E-state index contributed by atoms with van der Waals surface area (Å²) in [5.41, 5.74) is 2.83. The number of para-hydroxylation sites is 1. The largest absolute Gasteiger partial charge is 0.489 e. The van der Waals surface area contributed by atoms with Gasteiger partial charge in [-0.15, -0.1) is 0 Å². The minimum Gasteiger partial charge on any atom is -0.489 e. The number of amides is 1. The van der Waals surface area contributed by atoms with Crippen molar-refractivity contribution in [2.75, 3.05) is 11.5 Å². The predicted octanol–water partition coefficient (Wildman–Crippen LogP) is 5.28. The molecule has 0 fully saturated rings. The molecule has 0 unspecified atom stereocenters. The molecule has 184 valence electrons. The van der Waals surface area contributed by atoms with E-state index in [0.29, 0.717) is 16.9 Å². The molecule has 36 heavy (non-hydrogen) atoms. The van der Waals surface area contributed by atoms with Gasteiger partial charge in [-0.1, -0.05) is 30.3 Å². The zero-order valence-corrected chi connectivity index (χ0v) is 20.4. The molecule has 0 saturated carbocycles. The van der Waals surface area contributed by atoms with Gasteiger partial charge in [-0.2, -0.15) is 0 Å². The van der Waals surface area contributed by atoms with Gasteiger partial charge in [-0.05, 0) is 68.3 Å². The molecule has 4 rings (SSSR count). The lowest BCUT2D eigenvalue weighted by Crippen LogP contribution is -2.39. The van der Waals surface area contributed by atoms with E-state index in [-0.39, 0.29) is 25.2 Å². The third-order valence-corrected chi connectivity index (χ3v) is 5.66. The summed E-state index contributed by atoms with van der Waals surface area (Å²) in [6.07, 6.45) is 0. The smallest absolute Gasteiger partial charge is 0.338 e. The molecule has 0 atom stereocenters. The first-order chi connectivity index (χ1) is 17.3. The van der Waals surface area contributed by atoms with E-state index in [4.69, 9.17) is 13.9 Å². The van der Waals surface area contributed by atoms with Crippen LogP contribution >= 0.6 is 0 Å². The number of esters is 1. The van der Waals surface area contributed by atoms with Crippen LogP contribution in [0.1, 0.15) is 35.3 Å². The summed E-state index contributed by atoms with van der Waals surface area (Å²) in [5, 5.41) is 0.851. The summed E-state index contributed by atoms with van der Waals surface area (Å²) in [4.78, 5) is 38.4. The summed E-state index contributed by atoms with van der Waals surface area (Å²) in [6.45, 7) is 5.57. The zero-order valence-electron chi connectivity index (χ0n) is 20.4. The minimum absolute atomic E-state index is 0.0828. The first-order valence-electron chi connectivity index (χ1n) is 11.6. The predicted molar refractivity (Wildman–Crippen MR) is 137 cm³/mol. The van der Waals surface area contributed by atoms with Crippen LogP contribution in [0, 0.1) is 6.92 Å². The quantitative estimate of drug-likeness (QED) is 0.249. The Morgan fingerprint density at radius 2 is 1.67 bits per heavy atom. The van der Waals surface area contributed by atoms with Gasteiger partial charge in [0, 0.05) is 29.2 Å². The average Bonchev–Trinajstić information content (AvgIpc) is 2.86. The van der Waals surface area contributed by atoms with E-state index in [1.54, 1.807) is 35.2 Å². The van der Waals surface area contributed by atoms with E-state index < -0.39 is 11.6 Å². The molecule has 0 aliphatic heterocycles. The van der Waals surface area contributed by atoms with Gasteiger partial charge in [0.15, 0.2) is 6.61 Å². The van der Waals surface area contributed by atoms with Crippen LogP contribution in [0.25, 0.3) is 11.0 Å². The molecule has 0 saturated heterocycles. The maximum absolute atomic E-state index is 12.7. The van der Waals surface area contributed by atoms with E-state index in [1.807, 2.05) is 63.2 Å². The second-order valence-corrected chi connectivity index (χ2v) is 8.66. The first-order valence-corrected chi connectivity index (χ1v) is 11.6. The van der Waals surface area contributed by atoms with Crippen LogP contribution < -0.4 is 15.3 Å². The molecule has 0 bridgehead atoms. The van der Waals surface area contributed by atoms with Crippen molar-refractivity contribution in [3.05, 3.63) is 106 Å². The molecule has 0 aliphatic carbocycles. The van der Waals surface area contributed by atoms with Gasteiger partial charge in [0.05, 0.1) is 5.56 Å². The van der Waals surface area contributed by atoms with Crippen molar-refractivity contribution in [2.24, 2.45) is 0 Å². The number of ether oxygens (including phenoxy) is 2. The van der Waals surface area contributed by atoms with E-state index in [2.05, 4.69) is 0 Å². The SMILES string of the molecule is Cc1cc(=O)oc2cc(OCc3ccc(C(=O)OCC(=O)N(c4ccccc4)C(C)C)cc3)ccc12. The minimum atomic E-state index is -0.576. The molecule has 0 N–H and O–H groups in total. The van der Waals surface area contributed by atoms with Crippen LogP contribution in [-0.4, -0.2) is 24.5 Å². The molecule has 0 spiro atoms. The molecule has 1 amide bonds. The number of benzene rings is 3. The molecule has 7 nitrogen and oxygen atoms in total. The topological polar surface area (TPSA) is 86.0 Å². The Kier molecular flexibility index (Phi) is 7.49. The highest BCUT2D eigenvalue weighted by molar-refractivity contribution is 5.97. The summed E-state index contributed by atoms with van der Waals surface area (Å²) >= 11 is 0.